The highest BCUT2D eigenvalue weighted by atomic mass is 35.5. The summed E-state index contributed by atoms with van der Waals surface area (Å²) in [6, 6.07) is 5.54. The van der Waals surface area contributed by atoms with Crippen molar-refractivity contribution in [1.29, 1.82) is 0 Å². The van der Waals surface area contributed by atoms with E-state index in [1.807, 2.05) is 0 Å². The molecule has 198 valence electrons. The lowest BCUT2D eigenvalue weighted by Gasteiger charge is -2.23. The summed E-state index contributed by atoms with van der Waals surface area (Å²) in [7, 11) is 0. The van der Waals surface area contributed by atoms with Crippen molar-refractivity contribution in [2.75, 3.05) is 11.9 Å². The predicted molar refractivity (Wildman–Crippen MR) is 128 cm³/mol. The first-order chi connectivity index (χ1) is 17.9. The van der Waals surface area contributed by atoms with Gasteiger partial charge < -0.3 is 21.1 Å². The average molecular weight is 552 g/mol. The van der Waals surface area contributed by atoms with Gasteiger partial charge in [-0.3, -0.25) is 9.59 Å². The van der Waals surface area contributed by atoms with Crippen molar-refractivity contribution in [3.63, 3.8) is 0 Å². The van der Waals surface area contributed by atoms with Crippen molar-refractivity contribution in [2.24, 2.45) is 0 Å². The highest BCUT2D eigenvalue weighted by molar-refractivity contribution is 6.31. The first-order valence-electron chi connectivity index (χ1n) is 11.5. The number of benzene rings is 3. The quantitative estimate of drug-likeness (QED) is 0.263. The zero-order valence-electron chi connectivity index (χ0n) is 19.3. The van der Waals surface area contributed by atoms with E-state index < -0.39 is 53.0 Å². The van der Waals surface area contributed by atoms with E-state index in [2.05, 4.69) is 16.0 Å². The zero-order valence-corrected chi connectivity index (χ0v) is 20.1. The summed E-state index contributed by atoms with van der Waals surface area (Å²) in [6.45, 7) is 0.345. The van der Waals surface area contributed by atoms with E-state index in [0.717, 1.165) is 18.2 Å². The maximum Gasteiger partial charge on any atom is 0.416 e. The van der Waals surface area contributed by atoms with Gasteiger partial charge in [-0.05, 0) is 60.9 Å². The van der Waals surface area contributed by atoms with Crippen LogP contribution >= 0.6 is 11.6 Å². The Hall–Kier alpha value is -3.70. The number of aliphatic hydroxyl groups is 1. The number of carbonyl (C=O) groups is 2. The highest BCUT2D eigenvalue weighted by Gasteiger charge is 2.39. The first kappa shape index (κ1) is 25.9. The predicted octanol–water partition coefficient (Wildman–Crippen LogP) is 5.25. The van der Waals surface area contributed by atoms with E-state index in [-0.39, 0.29) is 33.0 Å². The van der Waals surface area contributed by atoms with Crippen molar-refractivity contribution in [2.45, 2.75) is 31.3 Å². The molecule has 2 heterocycles. The van der Waals surface area contributed by atoms with Crippen molar-refractivity contribution in [3.05, 3.63) is 98.1 Å². The van der Waals surface area contributed by atoms with Crippen LogP contribution in [-0.2, 0) is 12.6 Å². The van der Waals surface area contributed by atoms with Gasteiger partial charge in [-0.25, -0.2) is 8.78 Å². The van der Waals surface area contributed by atoms with Gasteiger partial charge in [0.2, 0.25) is 0 Å². The van der Waals surface area contributed by atoms with Crippen LogP contribution in [-0.4, -0.2) is 23.5 Å². The molecule has 0 spiro atoms. The van der Waals surface area contributed by atoms with Gasteiger partial charge >= 0.3 is 6.18 Å². The van der Waals surface area contributed by atoms with Gasteiger partial charge in [0.1, 0.15) is 11.6 Å². The molecule has 2 amide bonds. The molecule has 12 heteroatoms. The molecule has 5 rings (SSSR count). The Morgan fingerprint density at radius 2 is 1.79 bits per heavy atom. The Morgan fingerprint density at radius 1 is 1.03 bits per heavy atom. The Bertz CT molecular complexity index is 1480. The van der Waals surface area contributed by atoms with Crippen LogP contribution in [0, 0.1) is 11.6 Å². The summed E-state index contributed by atoms with van der Waals surface area (Å²) in [5, 5.41) is 19.0. The summed E-state index contributed by atoms with van der Waals surface area (Å²) in [5.74, 6) is -2.90. The zero-order chi connectivity index (χ0) is 27.4. The van der Waals surface area contributed by atoms with Gasteiger partial charge in [-0.2, -0.15) is 13.2 Å². The summed E-state index contributed by atoms with van der Waals surface area (Å²) < 4.78 is 67.9. The first-order valence-corrected chi connectivity index (χ1v) is 11.9. The Labute approximate surface area is 217 Å². The van der Waals surface area contributed by atoms with Crippen LogP contribution in [0.25, 0.3) is 0 Å². The van der Waals surface area contributed by atoms with Crippen molar-refractivity contribution in [1.82, 2.24) is 10.6 Å². The van der Waals surface area contributed by atoms with Crippen LogP contribution in [0.2, 0.25) is 5.02 Å². The van der Waals surface area contributed by atoms with Gasteiger partial charge in [0.25, 0.3) is 11.8 Å². The molecule has 0 radical (unpaired) electrons. The molecule has 3 aromatic carbocycles. The second-order valence-electron chi connectivity index (χ2n) is 8.99. The molecule has 2 aliphatic heterocycles. The monoisotopic (exact) mass is 551 g/mol. The fourth-order valence-electron chi connectivity index (χ4n) is 4.85. The average Bonchev–Trinajstić information content (AvgIpc) is 3.09. The number of anilines is 1. The summed E-state index contributed by atoms with van der Waals surface area (Å²) in [5.41, 5.74) is -0.634. The smallest absolute Gasteiger partial charge is 0.369 e. The number of alkyl halides is 3. The number of carbonyl (C=O) groups excluding carboxylic acids is 2. The lowest BCUT2D eigenvalue weighted by Crippen LogP contribution is -2.23. The number of halogens is 6. The third kappa shape index (κ3) is 4.67. The van der Waals surface area contributed by atoms with E-state index in [1.54, 1.807) is 0 Å². The molecule has 4 N–H and O–H groups in total. The number of aliphatic hydroxyl groups excluding tert-OH is 1. The summed E-state index contributed by atoms with van der Waals surface area (Å²) >= 11 is 6.31. The van der Waals surface area contributed by atoms with Crippen LogP contribution in [0.4, 0.5) is 27.6 Å². The maximum atomic E-state index is 14.1. The largest absolute Gasteiger partial charge is 0.416 e. The standard InChI is InChI=1S/C26H19ClF5N3O3/c27-18-4-3-13(28)9-17(18)22-21-19(34-23(36)11-6-12(26(30,31)32)8-14(29)7-11)10-16-15(20(21)25(38)35-22)2-1-5-33-24(16)37/h3-4,6-10,22-23,34,36H,1-2,5H2,(H,33,37)(H,35,38). The van der Waals surface area contributed by atoms with Gasteiger partial charge in [0, 0.05) is 39.5 Å². The maximum absolute atomic E-state index is 14.1. The fraction of sp³-hybridized carbons (Fsp3) is 0.231. The molecule has 3 aromatic rings. The second-order valence-corrected chi connectivity index (χ2v) is 9.40. The molecule has 0 aliphatic carbocycles. The molecule has 0 saturated heterocycles. The van der Waals surface area contributed by atoms with Crippen molar-refractivity contribution >= 4 is 29.1 Å². The van der Waals surface area contributed by atoms with Gasteiger partial charge in [0.05, 0.1) is 17.2 Å². The van der Waals surface area contributed by atoms with Crippen LogP contribution in [0.1, 0.15) is 67.2 Å². The molecule has 2 aliphatic rings. The van der Waals surface area contributed by atoms with E-state index in [9.17, 15) is 36.6 Å². The van der Waals surface area contributed by atoms with E-state index >= 15 is 0 Å². The van der Waals surface area contributed by atoms with Gasteiger partial charge in [-0.1, -0.05) is 11.6 Å². The molecule has 38 heavy (non-hydrogen) atoms. The second kappa shape index (κ2) is 9.55. The van der Waals surface area contributed by atoms with Crippen molar-refractivity contribution < 1.29 is 36.6 Å². The molecule has 0 fully saturated rings. The van der Waals surface area contributed by atoms with Crippen LogP contribution < -0.4 is 16.0 Å². The molecule has 6 nitrogen and oxygen atoms in total. The topological polar surface area (TPSA) is 90.5 Å². The molecular weight excluding hydrogens is 533 g/mol. The molecule has 0 saturated carbocycles. The van der Waals surface area contributed by atoms with Gasteiger partial charge in [-0.15, -0.1) is 0 Å². The SMILES string of the molecule is O=C1NCCCc2c1cc(NC(O)c1cc(F)cc(C(F)(F)F)c1)c1c2C(=O)NC1c1cc(F)ccc1Cl. The van der Waals surface area contributed by atoms with Crippen LogP contribution in [0.5, 0.6) is 0 Å². The minimum atomic E-state index is -4.87. The third-order valence-corrected chi connectivity index (χ3v) is 6.87. The van der Waals surface area contributed by atoms with E-state index in [0.29, 0.717) is 37.1 Å². The molecule has 2 atom stereocenters. The number of amides is 2. The van der Waals surface area contributed by atoms with Crippen LogP contribution in [0.15, 0.2) is 42.5 Å². The third-order valence-electron chi connectivity index (χ3n) is 6.52. The molecule has 2 unspecified atom stereocenters. The molecule has 0 aromatic heterocycles. The van der Waals surface area contributed by atoms with Gasteiger partial charge in [0.15, 0.2) is 6.23 Å². The number of nitrogens with one attached hydrogen (secondary N) is 3. The van der Waals surface area contributed by atoms with Crippen LogP contribution in [0.3, 0.4) is 0 Å². The summed E-state index contributed by atoms with van der Waals surface area (Å²) in [4.78, 5) is 26.0. The Kier molecular flexibility index (Phi) is 6.52. The highest BCUT2D eigenvalue weighted by Crippen LogP contribution is 2.43. The molecule has 0 bridgehead atoms. The number of rotatable bonds is 4. The Morgan fingerprint density at radius 3 is 2.53 bits per heavy atom. The fourth-order valence-corrected chi connectivity index (χ4v) is 5.08. The lowest BCUT2D eigenvalue weighted by molar-refractivity contribution is -0.137. The normalized spacial score (nSPS) is 17.7. The number of hydrogen-bond donors (Lipinski definition) is 4. The van der Waals surface area contributed by atoms with E-state index in [4.69, 9.17) is 11.6 Å². The number of hydrogen-bond acceptors (Lipinski definition) is 4. The minimum absolute atomic E-state index is 0.00444. The number of fused-ring (bicyclic) bond motifs is 3. The minimum Gasteiger partial charge on any atom is -0.369 e. The van der Waals surface area contributed by atoms with E-state index in [1.165, 1.54) is 12.1 Å². The van der Waals surface area contributed by atoms with Crippen molar-refractivity contribution in [3.8, 4) is 0 Å². The molecular formula is C26H19ClF5N3O3. The summed E-state index contributed by atoms with van der Waals surface area (Å²) in [6.07, 6.45) is -5.85. The lowest BCUT2D eigenvalue weighted by atomic mass is 9.88. The Balaban J connectivity index is 1.67.